The highest BCUT2D eigenvalue weighted by Crippen LogP contribution is 1.98. The van der Waals surface area contributed by atoms with Crippen molar-refractivity contribution in [3.63, 3.8) is 0 Å². The standard InChI is InChI=1S/C12H14N4O3/c13-12(18)19-6-4-14-8-9-7-11(17)16-5-2-1-3-10(16)15-9/h1-3,5,7,14H,4,6,8H2,(H2,13,18). The van der Waals surface area contributed by atoms with Gasteiger partial charge in [-0.2, -0.15) is 0 Å². The number of aromatic nitrogens is 2. The van der Waals surface area contributed by atoms with Crippen molar-refractivity contribution in [2.45, 2.75) is 6.54 Å². The molecule has 0 saturated heterocycles. The van der Waals surface area contributed by atoms with Crippen LogP contribution in [0.25, 0.3) is 5.65 Å². The lowest BCUT2D eigenvalue weighted by atomic mass is 10.3. The van der Waals surface area contributed by atoms with Gasteiger partial charge in [0.25, 0.3) is 5.56 Å². The van der Waals surface area contributed by atoms with Crippen LogP contribution in [0.15, 0.2) is 35.3 Å². The second kappa shape index (κ2) is 5.96. The van der Waals surface area contributed by atoms with Gasteiger partial charge < -0.3 is 15.8 Å². The molecule has 0 bridgehead atoms. The van der Waals surface area contributed by atoms with Crippen LogP contribution in [0.2, 0.25) is 0 Å². The monoisotopic (exact) mass is 262 g/mol. The molecule has 0 fully saturated rings. The smallest absolute Gasteiger partial charge is 0.404 e. The summed E-state index contributed by atoms with van der Waals surface area (Å²) in [4.78, 5) is 26.5. The number of amides is 1. The average Bonchev–Trinajstić information content (AvgIpc) is 2.38. The van der Waals surface area contributed by atoms with Crippen molar-refractivity contribution in [2.75, 3.05) is 13.2 Å². The van der Waals surface area contributed by atoms with Crippen LogP contribution in [-0.2, 0) is 11.3 Å². The minimum atomic E-state index is -0.802. The van der Waals surface area contributed by atoms with E-state index >= 15 is 0 Å². The van der Waals surface area contributed by atoms with Crippen molar-refractivity contribution >= 4 is 11.7 Å². The fourth-order valence-corrected chi connectivity index (χ4v) is 1.63. The molecule has 100 valence electrons. The SMILES string of the molecule is NC(=O)OCCNCc1cc(=O)n2ccccc2n1. The molecule has 7 heteroatoms. The summed E-state index contributed by atoms with van der Waals surface area (Å²) in [5, 5.41) is 3.01. The van der Waals surface area contributed by atoms with Gasteiger partial charge >= 0.3 is 6.09 Å². The molecule has 3 N–H and O–H groups in total. The molecule has 2 aromatic rings. The lowest BCUT2D eigenvalue weighted by Gasteiger charge is -2.05. The number of rotatable bonds is 5. The third-order valence-corrected chi connectivity index (χ3v) is 2.45. The number of ether oxygens (including phenoxy) is 1. The third kappa shape index (κ3) is 3.52. The molecule has 2 aromatic heterocycles. The number of fused-ring (bicyclic) bond motifs is 1. The highest BCUT2D eigenvalue weighted by Gasteiger charge is 2.01. The Hall–Kier alpha value is -2.41. The van der Waals surface area contributed by atoms with Gasteiger partial charge in [0, 0.05) is 25.4 Å². The molecule has 0 atom stereocenters. The van der Waals surface area contributed by atoms with Crippen LogP contribution in [0.3, 0.4) is 0 Å². The minimum Gasteiger partial charge on any atom is -0.448 e. The van der Waals surface area contributed by atoms with E-state index in [2.05, 4.69) is 15.0 Å². The molecule has 0 unspecified atom stereocenters. The first-order valence-corrected chi connectivity index (χ1v) is 5.77. The second-order valence-electron chi connectivity index (χ2n) is 3.86. The number of hydrogen-bond acceptors (Lipinski definition) is 5. The van der Waals surface area contributed by atoms with Gasteiger partial charge in [0.15, 0.2) is 0 Å². The lowest BCUT2D eigenvalue weighted by molar-refractivity contribution is 0.157. The molecule has 0 aliphatic rings. The summed E-state index contributed by atoms with van der Waals surface area (Å²) in [5.74, 6) is 0. The zero-order valence-corrected chi connectivity index (χ0v) is 10.2. The zero-order chi connectivity index (χ0) is 13.7. The van der Waals surface area contributed by atoms with Crippen LogP contribution >= 0.6 is 0 Å². The van der Waals surface area contributed by atoms with Gasteiger partial charge in [0.05, 0.1) is 5.69 Å². The van der Waals surface area contributed by atoms with E-state index in [1.165, 1.54) is 10.5 Å². The minimum absolute atomic E-state index is 0.129. The van der Waals surface area contributed by atoms with E-state index in [-0.39, 0.29) is 12.2 Å². The summed E-state index contributed by atoms with van der Waals surface area (Å²) >= 11 is 0. The predicted molar refractivity (Wildman–Crippen MR) is 68.7 cm³/mol. The van der Waals surface area contributed by atoms with Crippen molar-refractivity contribution < 1.29 is 9.53 Å². The van der Waals surface area contributed by atoms with Gasteiger partial charge in [-0.25, -0.2) is 9.78 Å². The van der Waals surface area contributed by atoms with Gasteiger partial charge in [0.2, 0.25) is 0 Å². The molecule has 1 amide bonds. The Morgan fingerprint density at radius 2 is 2.32 bits per heavy atom. The fraction of sp³-hybridized carbons (Fsp3) is 0.250. The number of nitrogens with zero attached hydrogens (tertiary/aromatic N) is 2. The van der Waals surface area contributed by atoms with E-state index in [0.29, 0.717) is 24.4 Å². The number of pyridine rings is 1. The van der Waals surface area contributed by atoms with Crippen molar-refractivity contribution in [2.24, 2.45) is 5.73 Å². The average molecular weight is 262 g/mol. The Morgan fingerprint density at radius 3 is 3.11 bits per heavy atom. The summed E-state index contributed by atoms with van der Waals surface area (Å²) in [6, 6.07) is 6.82. The molecule has 0 aliphatic heterocycles. The van der Waals surface area contributed by atoms with Crippen LogP contribution in [0.5, 0.6) is 0 Å². The quantitative estimate of drug-likeness (QED) is 0.732. The first kappa shape index (κ1) is 13.0. The molecule has 2 rings (SSSR count). The third-order valence-electron chi connectivity index (χ3n) is 2.45. The van der Waals surface area contributed by atoms with E-state index in [1.54, 1.807) is 18.3 Å². The number of carbonyl (C=O) groups is 1. The highest BCUT2D eigenvalue weighted by atomic mass is 16.5. The zero-order valence-electron chi connectivity index (χ0n) is 10.2. The number of primary amides is 1. The summed E-state index contributed by atoms with van der Waals surface area (Å²) in [5.41, 5.74) is 5.93. The second-order valence-corrected chi connectivity index (χ2v) is 3.86. The van der Waals surface area contributed by atoms with Crippen molar-refractivity contribution in [1.29, 1.82) is 0 Å². The Labute approximate surface area is 109 Å². The highest BCUT2D eigenvalue weighted by molar-refractivity contribution is 5.64. The van der Waals surface area contributed by atoms with Gasteiger partial charge in [-0.1, -0.05) is 6.07 Å². The Bertz CT molecular complexity index is 638. The summed E-state index contributed by atoms with van der Waals surface area (Å²) in [7, 11) is 0. The molecule has 0 radical (unpaired) electrons. The van der Waals surface area contributed by atoms with E-state index in [1.807, 2.05) is 6.07 Å². The predicted octanol–water partition coefficient (Wildman–Crippen LogP) is -0.121. The molecule has 0 saturated carbocycles. The van der Waals surface area contributed by atoms with Gasteiger partial charge in [-0.3, -0.25) is 9.20 Å². The van der Waals surface area contributed by atoms with E-state index in [9.17, 15) is 9.59 Å². The maximum Gasteiger partial charge on any atom is 0.404 e. The van der Waals surface area contributed by atoms with Gasteiger partial charge in [-0.15, -0.1) is 0 Å². The number of hydrogen-bond donors (Lipinski definition) is 2. The van der Waals surface area contributed by atoms with Gasteiger partial charge in [0.1, 0.15) is 12.3 Å². The van der Waals surface area contributed by atoms with Crippen LogP contribution in [0.4, 0.5) is 4.79 Å². The molecule has 19 heavy (non-hydrogen) atoms. The summed E-state index contributed by atoms with van der Waals surface area (Å²) in [6.45, 7) is 1.05. The normalized spacial score (nSPS) is 10.5. The maximum absolute atomic E-state index is 11.8. The Morgan fingerprint density at radius 1 is 1.47 bits per heavy atom. The molecule has 7 nitrogen and oxygen atoms in total. The Balaban J connectivity index is 1.98. The first-order chi connectivity index (χ1) is 9.16. The number of nitrogens with two attached hydrogens (primary N) is 1. The van der Waals surface area contributed by atoms with Gasteiger partial charge in [-0.05, 0) is 12.1 Å². The van der Waals surface area contributed by atoms with Crippen molar-refractivity contribution in [1.82, 2.24) is 14.7 Å². The summed E-state index contributed by atoms with van der Waals surface area (Å²) in [6.07, 6.45) is 0.867. The van der Waals surface area contributed by atoms with Crippen LogP contribution in [0, 0.1) is 0 Å². The summed E-state index contributed by atoms with van der Waals surface area (Å²) < 4.78 is 6.04. The molecule has 2 heterocycles. The van der Waals surface area contributed by atoms with E-state index in [4.69, 9.17) is 5.73 Å². The largest absolute Gasteiger partial charge is 0.448 e. The maximum atomic E-state index is 11.8. The number of nitrogens with one attached hydrogen (secondary N) is 1. The topological polar surface area (TPSA) is 98.7 Å². The Kier molecular flexibility index (Phi) is 4.09. The lowest BCUT2D eigenvalue weighted by Crippen LogP contribution is -2.25. The van der Waals surface area contributed by atoms with Crippen LogP contribution in [-0.4, -0.2) is 28.6 Å². The number of carbonyl (C=O) groups excluding carboxylic acids is 1. The molecule has 0 aromatic carbocycles. The van der Waals surface area contributed by atoms with E-state index < -0.39 is 6.09 Å². The van der Waals surface area contributed by atoms with Crippen LogP contribution in [0.1, 0.15) is 5.69 Å². The molecule has 0 aliphatic carbocycles. The first-order valence-electron chi connectivity index (χ1n) is 5.77. The van der Waals surface area contributed by atoms with Crippen molar-refractivity contribution in [3.05, 3.63) is 46.5 Å². The van der Waals surface area contributed by atoms with E-state index in [0.717, 1.165) is 0 Å². The molecule has 0 spiro atoms. The molecular formula is C12H14N4O3. The fourth-order valence-electron chi connectivity index (χ4n) is 1.63. The van der Waals surface area contributed by atoms with Crippen molar-refractivity contribution in [3.8, 4) is 0 Å². The molecular weight excluding hydrogens is 248 g/mol. The van der Waals surface area contributed by atoms with Crippen LogP contribution < -0.4 is 16.6 Å².